The zero-order valence-corrected chi connectivity index (χ0v) is 16.2. The molecule has 3 aromatic rings. The van der Waals surface area contributed by atoms with E-state index in [0.717, 1.165) is 0 Å². The van der Waals surface area contributed by atoms with E-state index in [0.29, 0.717) is 17.6 Å². The second-order valence-corrected chi connectivity index (χ2v) is 7.76. The van der Waals surface area contributed by atoms with E-state index in [1.807, 2.05) is 0 Å². The standard InChI is InChI=1S/C18H19N5O5S/c1-2-19-16(24)10-20-17(25)12-5-3-4-6-13(12)23-29(27,28)11-7-8-14-15(9-11)22-18(26)21-14/h3-9,23H,2,10H2,1H3,(H,19,24)(H,20,25)(H2,21,22,26). The summed E-state index contributed by atoms with van der Waals surface area (Å²) < 4.78 is 27.9. The predicted molar refractivity (Wildman–Crippen MR) is 107 cm³/mol. The Morgan fingerprint density at radius 3 is 2.48 bits per heavy atom. The van der Waals surface area contributed by atoms with Crippen LogP contribution in [0.3, 0.4) is 0 Å². The van der Waals surface area contributed by atoms with Crippen LogP contribution in [0.2, 0.25) is 0 Å². The molecule has 0 saturated heterocycles. The van der Waals surface area contributed by atoms with Crippen molar-refractivity contribution in [2.45, 2.75) is 11.8 Å². The Balaban J connectivity index is 1.84. The van der Waals surface area contributed by atoms with Crippen molar-refractivity contribution in [1.82, 2.24) is 20.6 Å². The van der Waals surface area contributed by atoms with E-state index in [-0.39, 0.29) is 28.6 Å². The average Bonchev–Trinajstić information content (AvgIpc) is 3.05. The molecule has 2 aromatic carbocycles. The lowest BCUT2D eigenvalue weighted by atomic mass is 10.1. The van der Waals surface area contributed by atoms with Gasteiger partial charge in [0, 0.05) is 6.54 Å². The van der Waals surface area contributed by atoms with Crippen molar-refractivity contribution in [3.05, 3.63) is 58.5 Å². The number of likely N-dealkylation sites (N-methyl/N-ethyl adjacent to an activating group) is 1. The van der Waals surface area contributed by atoms with Crippen LogP contribution in [0, 0.1) is 0 Å². The van der Waals surface area contributed by atoms with Gasteiger partial charge in [0.15, 0.2) is 0 Å². The molecule has 152 valence electrons. The molecule has 0 fully saturated rings. The molecule has 0 spiro atoms. The maximum atomic E-state index is 12.8. The highest BCUT2D eigenvalue weighted by Crippen LogP contribution is 2.21. The molecule has 0 aliphatic carbocycles. The molecule has 0 unspecified atom stereocenters. The molecule has 0 radical (unpaired) electrons. The number of para-hydroxylation sites is 1. The van der Waals surface area contributed by atoms with Crippen LogP contribution in [-0.4, -0.2) is 43.3 Å². The number of rotatable bonds is 7. The summed E-state index contributed by atoms with van der Waals surface area (Å²) in [6.07, 6.45) is 0. The summed E-state index contributed by atoms with van der Waals surface area (Å²) in [6.45, 7) is 1.96. The molecule has 1 heterocycles. The summed E-state index contributed by atoms with van der Waals surface area (Å²) in [5.41, 5.74) is 0.488. The van der Waals surface area contributed by atoms with Gasteiger partial charge in [-0.05, 0) is 37.3 Å². The van der Waals surface area contributed by atoms with Gasteiger partial charge in [-0.15, -0.1) is 0 Å². The van der Waals surface area contributed by atoms with Crippen molar-refractivity contribution in [3.63, 3.8) is 0 Å². The third-order valence-electron chi connectivity index (χ3n) is 4.00. The number of anilines is 1. The molecule has 0 bridgehead atoms. The SMILES string of the molecule is CCNC(=O)CNC(=O)c1ccccc1NS(=O)(=O)c1ccc2[nH]c(=O)[nH]c2c1. The Labute approximate surface area is 165 Å². The number of hydrogen-bond donors (Lipinski definition) is 5. The first-order valence-electron chi connectivity index (χ1n) is 8.69. The predicted octanol–water partition coefficient (Wildman–Crippen LogP) is 0.523. The number of sulfonamides is 1. The number of imidazole rings is 1. The van der Waals surface area contributed by atoms with Crippen molar-refractivity contribution < 1.29 is 18.0 Å². The largest absolute Gasteiger partial charge is 0.355 e. The second-order valence-electron chi connectivity index (χ2n) is 6.07. The molecule has 11 heteroatoms. The van der Waals surface area contributed by atoms with Crippen LogP contribution in [0.15, 0.2) is 52.2 Å². The molecule has 0 aliphatic heterocycles. The van der Waals surface area contributed by atoms with Crippen LogP contribution in [-0.2, 0) is 14.8 Å². The number of nitrogens with one attached hydrogen (secondary N) is 5. The highest BCUT2D eigenvalue weighted by molar-refractivity contribution is 7.92. The van der Waals surface area contributed by atoms with Gasteiger partial charge in [-0.3, -0.25) is 14.3 Å². The van der Waals surface area contributed by atoms with Gasteiger partial charge in [0.1, 0.15) is 0 Å². The highest BCUT2D eigenvalue weighted by Gasteiger charge is 2.19. The van der Waals surface area contributed by atoms with E-state index in [9.17, 15) is 22.8 Å². The second kappa shape index (κ2) is 8.19. The lowest BCUT2D eigenvalue weighted by molar-refractivity contribution is -0.120. The van der Waals surface area contributed by atoms with E-state index in [4.69, 9.17) is 0 Å². The van der Waals surface area contributed by atoms with Crippen LogP contribution in [0.25, 0.3) is 11.0 Å². The summed E-state index contributed by atoms with van der Waals surface area (Å²) in [6, 6.07) is 10.2. The third-order valence-corrected chi connectivity index (χ3v) is 5.36. The molecule has 3 rings (SSSR count). The molecule has 0 saturated carbocycles. The molecule has 1 aromatic heterocycles. The highest BCUT2D eigenvalue weighted by atomic mass is 32.2. The lowest BCUT2D eigenvalue weighted by Crippen LogP contribution is -2.37. The van der Waals surface area contributed by atoms with Gasteiger partial charge in [0.25, 0.3) is 15.9 Å². The first-order chi connectivity index (χ1) is 13.8. The molecular formula is C18H19N5O5S. The number of aromatic nitrogens is 2. The topological polar surface area (TPSA) is 153 Å². The Bertz CT molecular complexity index is 1230. The molecule has 0 aliphatic rings. The van der Waals surface area contributed by atoms with Gasteiger partial charge in [0.05, 0.1) is 33.7 Å². The Hall–Kier alpha value is -3.60. The van der Waals surface area contributed by atoms with Crippen molar-refractivity contribution in [2.24, 2.45) is 0 Å². The van der Waals surface area contributed by atoms with Gasteiger partial charge >= 0.3 is 5.69 Å². The Kier molecular flexibility index (Phi) is 5.69. The molecule has 5 N–H and O–H groups in total. The zero-order chi connectivity index (χ0) is 21.0. The monoisotopic (exact) mass is 417 g/mol. The van der Waals surface area contributed by atoms with Gasteiger partial charge in [-0.25, -0.2) is 13.2 Å². The van der Waals surface area contributed by atoms with Crippen LogP contribution in [0.1, 0.15) is 17.3 Å². The minimum Gasteiger partial charge on any atom is -0.355 e. The maximum Gasteiger partial charge on any atom is 0.323 e. The fraction of sp³-hybridized carbons (Fsp3) is 0.167. The average molecular weight is 417 g/mol. The number of carbonyl (C=O) groups is 2. The molecule has 10 nitrogen and oxygen atoms in total. The van der Waals surface area contributed by atoms with E-state index >= 15 is 0 Å². The van der Waals surface area contributed by atoms with Crippen molar-refractivity contribution >= 4 is 38.6 Å². The normalized spacial score (nSPS) is 11.2. The summed E-state index contributed by atoms with van der Waals surface area (Å²) in [5, 5.41) is 5.00. The molecule has 29 heavy (non-hydrogen) atoms. The summed E-state index contributed by atoms with van der Waals surface area (Å²) in [4.78, 5) is 40.2. The van der Waals surface area contributed by atoms with E-state index in [2.05, 4.69) is 25.3 Å². The fourth-order valence-corrected chi connectivity index (χ4v) is 3.77. The summed E-state index contributed by atoms with van der Waals surface area (Å²) in [7, 11) is -4.04. The number of carbonyl (C=O) groups excluding carboxylic acids is 2. The minimum atomic E-state index is -4.04. The van der Waals surface area contributed by atoms with Gasteiger partial charge < -0.3 is 20.6 Å². The van der Waals surface area contributed by atoms with Crippen molar-refractivity contribution in [1.29, 1.82) is 0 Å². The molecule has 2 amide bonds. The number of amides is 2. The minimum absolute atomic E-state index is 0.0589. The van der Waals surface area contributed by atoms with E-state index in [1.165, 1.54) is 30.3 Å². The Morgan fingerprint density at radius 1 is 1.00 bits per heavy atom. The third kappa shape index (κ3) is 4.63. The first-order valence-corrected chi connectivity index (χ1v) is 10.2. The summed E-state index contributed by atoms with van der Waals surface area (Å²) >= 11 is 0. The van der Waals surface area contributed by atoms with Gasteiger partial charge in [-0.2, -0.15) is 0 Å². The van der Waals surface area contributed by atoms with Crippen LogP contribution in [0.4, 0.5) is 5.69 Å². The quantitative estimate of drug-likeness (QED) is 0.379. The van der Waals surface area contributed by atoms with E-state index < -0.39 is 21.6 Å². The summed E-state index contributed by atoms with van der Waals surface area (Å²) in [5.74, 6) is -0.951. The number of hydrogen-bond acceptors (Lipinski definition) is 5. The van der Waals surface area contributed by atoms with E-state index in [1.54, 1.807) is 19.1 Å². The zero-order valence-electron chi connectivity index (χ0n) is 15.4. The van der Waals surface area contributed by atoms with Crippen LogP contribution < -0.4 is 21.0 Å². The number of benzene rings is 2. The van der Waals surface area contributed by atoms with Crippen LogP contribution >= 0.6 is 0 Å². The van der Waals surface area contributed by atoms with Crippen molar-refractivity contribution in [2.75, 3.05) is 17.8 Å². The molecular weight excluding hydrogens is 398 g/mol. The number of aromatic amines is 2. The smallest absolute Gasteiger partial charge is 0.323 e. The lowest BCUT2D eigenvalue weighted by Gasteiger charge is -2.13. The number of H-pyrrole nitrogens is 2. The first kappa shape index (κ1) is 20.1. The maximum absolute atomic E-state index is 12.8. The molecule has 0 atom stereocenters. The Morgan fingerprint density at radius 2 is 1.72 bits per heavy atom. The fourth-order valence-electron chi connectivity index (χ4n) is 2.67. The van der Waals surface area contributed by atoms with Crippen LogP contribution in [0.5, 0.6) is 0 Å². The van der Waals surface area contributed by atoms with Gasteiger partial charge in [0.2, 0.25) is 5.91 Å². The van der Waals surface area contributed by atoms with Gasteiger partial charge in [-0.1, -0.05) is 12.1 Å². The number of fused-ring (bicyclic) bond motifs is 1. The van der Waals surface area contributed by atoms with Crippen molar-refractivity contribution in [3.8, 4) is 0 Å².